The Hall–Kier alpha value is -2.85. The smallest absolute Gasteiger partial charge is 0.255 e. The van der Waals surface area contributed by atoms with Gasteiger partial charge in [-0.1, -0.05) is 72.8 Å². The predicted octanol–water partition coefficient (Wildman–Crippen LogP) is 4.64. The number of halogens is 3. The highest BCUT2D eigenvalue weighted by Crippen LogP contribution is 2.26. The molecule has 0 fully saturated rings. The maximum absolute atomic E-state index is 6.63. The zero-order valence-corrected chi connectivity index (χ0v) is 21.4. The van der Waals surface area contributed by atoms with Crippen molar-refractivity contribution >= 4 is 55.5 Å². The number of fused-ring (bicyclic) bond motifs is 3. The third-order valence-electron chi connectivity index (χ3n) is 6.24. The Morgan fingerprint density at radius 3 is 1.85 bits per heavy atom. The van der Waals surface area contributed by atoms with Crippen molar-refractivity contribution in [1.29, 1.82) is 0 Å². The van der Waals surface area contributed by atoms with E-state index in [1.807, 2.05) is 15.5 Å². The zero-order chi connectivity index (χ0) is 22.4. The highest BCUT2D eigenvalue weighted by molar-refractivity contribution is 6.39. The number of rotatable bonds is 4. The molecule has 0 N–H and O–H groups in total. The van der Waals surface area contributed by atoms with E-state index < -0.39 is 0 Å². The summed E-state index contributed by atoms with van der Waals surface area (Å²) in [6, 6.07) is 34.4. The molecule has 0 spiro atoms. The molecule has 0 amide bonds. The Balaban J connectivity index is 0.00000241. The van der Waals surface area contributed by atoms with Gasteiger partial charge < -0.3 is 17.0 Å². The van der Waals surface area contributed by atoms with Gasteiger partial charge in [-0.25, -0.2) is 9.13 Å². The number of hydrogen-bond acceptors (Lipinski definition) is 0. The number of nitrogens with zero attached hydrogens (tertiary/aromatic N) is 2. The van der Waals surface area contributed by atoms with Crippen LogP contribution in [0.5, 0.6) is 0 Å². The second kappa shape index (κ2) is 9.42. The lowest BCUT2D eigenvalue weighted by Crippen LogP contribution is -3.00. The Morgan fingerprint density at radius 2 is 1.12 bits per heavy atom. The van der Waals surface area contributed by atoms with Crippen LogP contribution in [0, 0.1) is 0 Å². The summed E-state index contributed by atoms with van der Waals surface area (Å²) in [6.07, 6.45) is 2.00. The lowest BCUT2D eigenvalue weighted by atomic mass is 10.0. The van der Waals surface area contributed by atoms with Crippen LogP contribution in [0.4, 0.5) is 0 Å². The van der Waals surface area contributed by atoms with E-state index >= 15 is 0 Å². The predicted molar refractivity (Wildman–Crippen MR) is 138 cm³/mol. The van der Waals surface area contributed by atoms with Crippen molar-refractivity contribution in [3.63, 3.8) is 0 Å². The number of imidazole rings is 1. The third-order valence-corrected chi connectivity index (χ3v) is 7.13. The molecule has 0 aliphatic rings. The van der Waals surface area contributed by atoms with Crippen molar-refractivity contribution < 1.29 is 21.5 Å². The fourth-order valence-electron chi connectivity index (χ4n) is 4.55. The maximum Gasteiger partial charge on any atom is 0.255 e. The van der Waals surface area contributed by atoms with Crippen LogP contribution in [0.1, 0.15) is 11.1 Å². The number of benzene rings is 5. The highest BCUT2D eigenvalue weighted by atomic mass is 79.9. The van der Waals surface area contributed by atoms with Gasteiger partial charge in [0.2, 0.25) is 6.33 Å². The van der Waals surface area contributed by atoms with E-state index in [0.29, 0.717) is 23.4 Å². The summed E-state index contributed by atoms with van der Waals surface area (Å²) < 4.78 is 4.01. The Morgan fingerprint density at radius 1 is 0.588 bits per heavy atom. The van der Waals surface area contributed by atoms with Crippen molar-refractivity contribution in [2.45, 2.75) is 13.1 Å². The summed E-state index contributed by atoms with van der Waals surface area (Å²) in [5, 5.41) is 8.53. The van der Waals surface area contributed by atoms with Gasteiger partial charge in [0.1, 0.15) is 13.1 Å². The van der Waals surface area contributed by atoms with Crippen LogP contribution >= 0.6 is 23.2 Å². The minimum atomic E-state index is 0. The van der Waals surface area contributed by atoms with Crippen molar-refractivity contribution in [2.75, 3.05) is 0 Å². The first-order chi connectivity index (χ1) is 16.1. The van der Waals surface area contributed by atoms with E-state index in [-0.39, 0.29) is 17.0 Å². The van der Waals surface area contributed by atoms with E-state index in [1.54, 1.807) is 0 Å². The fraction of sp³-hybridized carbons (Fsp3) is 0.0690. The van der Waals surface area contributed by atoms with Crippen LogP contribution in [0.15, 0.2) is 103 Å². The SMILES string of the molecule is Clc1c(Cl)[n+](Cc2ccc3ccccc3c2)cn1Cc1ccc2cc3ccccc3cc2c1.[Br-]. The largest absolute Gasteiger partial charge is 1.00 e. The van der Waals surface area contributed by atoms with Gasteiger partial charge in [-0.15, -0.1) is 0 Å². The molecule has 0 bridgehead atoms. The summed E-state index contributed by atoms with van der Waals surface area (Å²) in [7, 11) is 0. The van der Waals surface area contributed by atoms with Crippen LogP contribution in [0.3, 0.4) is 0 Å². The molecule has 0 radical (unpaired) electrons. The zero-order valence-electron chi connectivity index (χ0n) is 18.3. The Labute approximate surface area is 218 Å². The van der Waals surface area contributed by atoms with E-state index in [9.17, 15) is 0 Å². The maximum atomic E-state index is 6.63. The van der Waals surface area contributed by atoms with Crippen LogP contribution in [-0.2, 0) is 13.1 Å². The molecule has 5 heteroatoms. The van der Waals surface area contributed by atoms with E-state index in [2.05, 4.69) is 97.1 Å². The number of aromatic nitrogens is 2. The standard InChI is InChI=1S/C29H21Cl2N2.BrH/c30-28-29(31)33(19-32(28)17-20-9-11-22-5-1-2-6-23(22)13-20)18-21-10-12-26-15-24-7-3-4-8-25(24)16-27(26)14-21;/h1-16,19H,17-18H2;1H/q+1;/p-1. The number of hydrogen-bond donors (Lipinski definition) is 0. The summed E-state index contributed by atoms with van der Waals surface area (Å²) in [4.78, 5) is 0. The van der Waals surface area contributed by atoms with Crippen molar-refractivity contribution in [1.82, 2.24) is 4.57 Å². The molecule has 0 unspecified atom stereocenters. The molecular weight excluding hydrogens is 527 g/mol. The molecule has 6 rings (SSSR count). The summed E-state index contributed by atoms with van der Waals surface area (Å²) in [5.41, 5.74) is 2.37. The first-order valence-corrected chi connectivity index (χ1v) is 11.7. The third kappa shape index (κ3) is 4.32. The van der Waals surface area contributed by atoms with Crippen molar-refractivity contribution in [3.05, 3.63) is 125 Å². The molecule has 5 aromatic carbocycles. The second-order valence-electron chi connectivity index (χ2n) is 8.52. The molecule has 1 aromatic heterocycles. The van der Waals surface area contributed by atoms with Gasteiger partial charge in [-0.05, 0) is 90.9 Å². The molecule has 2 nitrogen and oxygen atoms in total. The quantitative estimate of drug-likeness (QED) is 0.224. The topological polar surface area (TPSA) is 8.81 Å². The monoisotopic (exact) mass is 546 g/mol. The Bertz CT molecular complexity index is 1660. The molecule has 6 aromatic rings. The molecule has 1 heterocycles. The van der Waals surface area contributed by atoms with E-state index in [0.717, 1.165) is 0 Å². The lowest BCUT2D eigenvalue weighted by molar-refractivity contribution is -0.685. The summed E-state index contributed by atoms with van der Waals surface area (Å²) in [5.74, 6) is 0. The molecule has 0 atom stereocenters. The normalized spacial score (nSPS) is 11.2. The summed E-state index contributed by atoms with van der Waals surface area (Å²) >= 11 is 13.3. The average molecular weight is 548 g/mol. The van der Waals surface area contributed by atoms with Gasteiger partial charge in [0.25, 0.3) is 10.3 Å². The molecule has 0 saturated heterocycles. The van der Waals surface area contributed by atoms with Gasteiger partial charge in [0.05, 0.1) is 0 Å². The van der Waals surface area contributed by atoms with Gasteiger partial charge in [-0.2, -0.15) is 0 Å². The minimum absolute atomic E-state index is 0. The van der Waals surface area contributed by atoms with E-state index in [1.165, 1.54) is 43.4 Å². The molecule has 0 saturated carbocycles. The van der Waals surface area contributed by atoms with Gasteiger partial charge in [0, 0.05) is 0 Å². The van der Waals surface area contributed by atoms with Crippen LogP contribution in [0.25, 0.3) is 32.3 Å². The molecule has 34 heavy (non-hydrogen) atoms. The van der Waals surface area contributed by atoms with Gasteiger partial charge >= 0.3 is 0 Å². The molecule has 168 valence electrons. The van der Waals surface area contributed by atoms with Crippen LogP contribution < -0.4 is 21.5 Å². The van der Waals surface area contributed by atoms with Crippen molar-refractivity contribution in [2.24, 2.45) is 0 Å². The first kappa shape index (κ1) is 22.9. The fourth-order valence-corrected chi connectivity index (χ4v) is 4.97. The van der Waals surface area contributed by atoms with Crippen LogP contribution in [0.2, 0.25) is 10.3 Å². The minimum Gasteiger partial charge on any atom is -1.00 e. The highest BCUT2D eigenvalue weighted by Gasteiger charge is 2.21. The van der Waals surface area contributed by atoms with Gasteiger partial charge in [-0.3, -0.25) is 0 Å². The molecular formula is C29H21BrCl2N2. The first-order valence-electron chi connectivity index (χ1n) is 11.0. The lowest BCUT2D eigenvalue weighted by Gasteiger charge is -2.05. The summed E-state index contributed by atoms with van der Waals surface area (Å²) in [6.45, 7) is 1.33. The van der Waals surface area contributed by atoms with Crippen LogP contribution in [-0.4, -0.2) is 4.57 Å². The second-order valence-corrected chi connectivity index (χ2v) is 9.23. The molecule has 0 aliphatic heterocycles. The Kier molecular flexibility index (Phi) is 6.35. The van der Waals surface area contributed by atoms with Gasteiger partial charge in [0.15, 0.2) is 0 Å². The van der Waals surface area contributed by atoms with Crippen molar-refractivity contribution in [3.8, 4) is 0 Å². The molecule has 0 aliphatic carbocycles. The average Bonchev–Trinajstić information content (AvgIpc) is 3.10. The van der Waals surface area contributed by atoms with E-state index in [4.69, 9.17) is 23.2 Å².